The van der Waals surface area contributed by atoms with E-state index in [9.17, 15) is 0 Å². The van der Waals surface area contributed by atoms with E-state index in [0.717, 1.165) is 37.5 Å². The largest absolute Gasteiger partial charge is 0.478 e. The van der Waals surface area contributed by atoms with Crippen molar-refractivity contribution in [3.63, 3.8) is 0 Å². The summed E-state index contributed by atoms with van der Waals surface area (Å²) < 4.78 is 12.4. The Labute approximate surface area is 172 Å². The van der Waals surface area contributed by atoms with Gasteiger partial charge in [0.25, 0.3) is 0 Å². The van der Waals surface area contributed by atoms with E-state index >= 15 is 0 Å². The fourth-order valence-corrected chi connectivity index (χ4v) is 4.83. The molecule has 0 unspecified atom stereocenters. The van der Waals surface area contributed by atoms with Crippen LogP contribution in [0, 0.1) is 5.41 Å². The first-order valence-corrected chi connectivity index (χ1v) is 10.8. The number of ether oxygens (including phenoxy) is 2. The second kappa shape index (κ2) is 8.02. The molecular formula is C25H28N2O2. The average molecular weight is 389 g/mol. The van der Waals surface area contributed by atoms with Crippen LogP contribution in [0.2, 0.25) is 0 Å². The minimum Gasteiger partial charge on any atom is -0.478 e. The van der Waals surface area contributed by atoms with Gasteiger partial charge in [0.05, 0.1) is 12.1 Å². The molecule has 150 valence electrons. The summed E-state index contributed by atoms with van der Waals surface area (Å²) in [6.45, 7) is 1.32. The van der Waals surface area contributed by atoms with Gasteiger partial charge in [0, 0.05) is 0 Å². The summed E-state index contributed by atoms with van der Waals surface area (Å²) in [4.78, 5) is 10.0. The molecule has 3 aliphatic rings. The van der Waals surface area contributed by atoms with Crippen molar-refractivity contribution in [2.24, 2.45) is 15.4 Å². The molecule has 0 bridgehead atoms. The normalized spacial score (nSPS) is 25.2. The van der Waals surface area contributed by atoms with Gasteiger partial charge in [-0.2, -0.15) is 0 Å². The Morgan fingerprint density at radius 1 is 0.690 bits per heavy atom. The summed E-state index contributed by atoms with van der Waals surface area (Å²) in [6, 6.07) is 21.5. The van der Waals surface area contributed by atoms with Crippen molar-refractivity contribution in [1.82, 2.24) is 0 Å². The minimum absolute atomic E-state index is 0.187. The standard InChI is InChI=1S/C25H28N2O2/c1-3-9-19(10-4-1)15-21-17-28-23(26-21)25(13-7-8-14-25)24-27-22(18-29-24)16-20-11-5-2-6-12-20/h1-6,9-12,21-22H,7-8,13-18H2/t21-,22-/m0/s1. The highest BCUT2D eigenvalue weighted by molar-refractivity contribution is 6.06. The molecule has 4 nitrogen and oxygen atoms in total. The first-order chi connectivity index (χ1) is 14.3. The lowest BCUT2D eigenvalue weighted by atomic mass is 9.85. The number of nitrogens with zero attached hydrogens (tertiary/aromatic N) is 2. The molecule has 2 aromatic rings. The zero-order valence-electron chi connectivity index (χ0n) is 16.8. The highest BCUT2D eigenvalue weighted by atomic mass is 16.5. The Morgan fingerprint density at radius 3 is 1.59 bits per heavy atom. The molecule has 0 radical (unpaired) electrons. The molecule has 0 N–H and O–H groups in total. The van der Waals surface area contributed by atoms with Crippen LogP contribution in [-0.2, 0) is 22.3 Å². The third-order valence-corrected chi connectivity index (χ3v) is 6.33. The van der Waals surface area contributed by atoms with E-state index in [-0.39, 0.29) is 17.5 Å². The summed E-state index contributed by atoms with van der Waals surface area (Å²) in [6.07, 6.45) is 6.26. The van der Waals surface area contributed by atoms with Crippen LogP contribution in [0.5, 0.6) is 0 Å². The fraction of sp³-hybridized carbons (Fsp3) is 0.440. The molecule has 2 aliphatic heterocycles. The van der Waals surface area contributed by atoms with Crippen LogP contribution in [0.15, 0.2) is 70.6 Å². The molecule has 2 heterocycles. The van der Waals surface area contributed by atoms with E-state index in [1.165, 1.54) is 24.0 Å². The van der Waals surface area contributed by atoms with Crippen LogP contribution >= 0.6 is 0 Å². The minimum atomic E-state index is -0.239. The zero-order chi connectivity index (χ0) is 19.5. The van der Waals surface area contributed by atoms with Crippen molar-refractivity contribution in [3.8, 4) is 0 Å². The van der Waals surface area contributed by atoms with Gasteiger partial charge in [0.2, 0.25) is 0 Å². The summed E-state index contributed by atoms with van der Waals surface area (Å²) in [7, 11) is 0. The molecule has 29 heavy (non-hydrogen) atoms. The molecule has 0 aromatic heterocycles. The maximum Gasteiger partial charge on any atom is 0.199 e. The van der Waals surface area contributed by atoms with Crippen molar-refractivity contribution < 1.29 is 9.47 Å². The van der Waals surface area contributed by atoms with Crippen molar-refractivity contribution in [1.29, 1.82) is 0 Å². The molecule has 1 aliphatic carbocycles. The summed E-state index contributed by atoms with van der Waals surface area (Å²) in [5, 5.41) is 0. The average Bonchev–Trinajstić information content (AvgIpc) is 3.51. The van der Waals surface area contributed by atoms with Crippen molar-refractivity contribution in [2.75, 3.05) is 13.2 Å². The van der Waals surface area contributed by atoms with Crippen molar-refractivity contribution >= 4 is 11.8 Å². The van der Waals surface area contributed by atoms with Gasteiger partial charge in [0.15, 0.2) is 11.8 Å². The van der Waals surface area contributed by atoms with Crippen LogP contribution in [0.3, 0.4) is 0 Å². The van der Waals surface area contributed by atoms with Gasteiger partial charge < -0.3 is 9.47 Å². The topological polar surface area (TPSA) is 43.2 Å². The molecule has 4 heteroatoms. The Morgan fingerprint density at radius 2 is 1.14 bits per heavy atom. The van der Waals surface area contributed by atoms with Gasteiger partial charge in [-0.3, -0.25) is 0 Å². The first-order valence-electron chi connectivity index (χ1n) is 10.8. The second-order valence-corrected chi connectivity index (χ2v) is 8.47. The van der Waals surface area contributed by atoms with Gasteiger partial charge in [0.1, 0.15) is 18.6 Å². The number of hydrogen-bond acceptors (Lipinski definition) is 4. The third-order valence-electron chi connectivity index (χ3n) is 6.33. The summed E-state index contributed by atoms with van der Waals surface area (Å²) in [5.74, 6) is 1.74. The number of rotatable bonds is 6. The number of benzene rings is 2. The van der Waals surface area contributed by atoms with Crippen LogP contribution in [0.1, 0.15) is 36.8 Å². The predicted octanol–water partition coefficient (Wildman–Crippen LogP) is 4.63. The first kappa shape index (κ1) is 18.4. The van der Waals surface area contributed by atoms with Gasteiger partial charge >= 0.3 is 0 Å². The lowest BCUT2D eigenvalue weighted by Crippen LogP contribution is -2.37. The molecule has 0 saturated heterocycles. The predicted molar refractivity (Wildman–Crippen MR) is 116 cm³/mol. The third kappa shape index (κ3) is 3.81. The van der Waals surface area contributed by atoms with Crippen molar-refractivity contribution in [3.05, 3.63) is 71.8 Å². The highest BCUT2D eigenvalue weighted by Crippen LogP contribution is 2.44. The number of hydrogen-bond donors (Lipinski definition) is 0. The summed E-state index contributed by atoms with van der Waals surface area (Å²) in [5.41, 5.74) is 2.38. The van der Waals surface area contributed by atoms with Crippen LogP contribution in [-0.4, -0.2) is 37.1 Å². The Bertz CT molecular complexity index is 816. The molecule has 1 saturated carbocycles. The fourth-order valence-electron chi connectivity index (χ4n) is 4.83. The smallest absolute Gasteiger partial charge is 0.199 e. The van der Waals surface area contributed by atoms with Crippen LogP contribution in [0.25, 0.3) is 0 Å². The number of aliphatic imine (C=N–C) groups is 2. The lowest BCUT2D eigenvalue weighted by Gasteiger charge is -2.26. The van der Waals surface area contributed by atoms with E-state index in [0.29, 0.717) is 13.2 Å². The van der Waals surface area contributed by atoms with E-state index in [1.54, 1.807) is 0 Å². The van der Waals surface area contributed by atoms with Gasteiger partial charge in [-0.1, -0.05) is 73.5 Å². The monoisotopic (exact) mass is 388 g/mol. The molecule has 2 atom stereocenters. The van der Waals surface area contributed by atoms with Gasteiger partial charge in [-0.15, -0.1) is 0 Å². The molecule has 0 spiro atoms. The quantitative estimate of drug-likeness (QED) is 0.724. The van der Waals surface area contributed by atoms with Crippen LogP contribution in [0.4, 0.5) is 0 Å². The van der Waals surface area contributed by atoms with E-state index < -0.39 is 0 Å². The van der Waals surface area contributed by atoms with E-state index in [4.69, 9.17) is 19.5 Å². The molecular weight excluding hydrogens is 360 g/mol. The Balaban J connectivity index is 1.34. The van der Waals surface area contributed by atoms with E-state index in [2.05, 4.69) is 60.7 Å². The maximum atomic E-state index is 6.18. The van der Waals surface area contributed by atoms with Crippen LogP contribution < -0.4 is 0 Å². The van der Waals surface area contributed by atoms with Gasteiger partial charge in [-0.25, -0.2) is 9.98 Å². The zero-order valence-corrected chi connectivity index (χ0v) is 16.8. The molecule has 1 fully saturated rings. The molecule has 5 rings (SSSR count). The van der Waals surface area contributed by atoms with E-state index in [1.807, 2.05) is 0 Å². The molecule has 0 amide bonds. The summed E-state index contributed by atoms with van der Waals surface area (Å²) >= 11 is 0. The second-order valence-electron chi connectivity index (χ2n) is 8.47. The SMILES string of the molecule is c1ccc(C[C@H]2COC(C3(C4=N[C@@H](Cc5ccccc5)CO4)CCCC3)=N2)cc1. The maximum absolute atomic E-state index is 6.18. The molecule has 2 aromatic carbocycles. The highest BCUT2D eigenvalue weighted by Gasteiger charge is 2.50. The lowest BCUT2D eigenvalue weighted by molar-refractivity contribution is 0.252. The Kier molecular flexibility index (Phi) is 5.09. The Hall–Kier alpha value is -2.62. The van der Waals surface area contributed by atoms with Gasteiger partial charge in [-0.05, 0) is 36.8 Å². The van der Waals surface area contributed by atoms with Crippen molar-refractivity contribution in [2.45, 2.75) is 50.6 Å².